The molecule has 2 heterocycles. The maximum absolute atomic E-state index is 12.9. The lowest BCUT2D eigenvalue weighted by Crippen LogP contribution is -2.32. The summed E-state index contributed by atoms with van der Waals surface area (Å²) in [5.74, 6) is -1.96. The smallest absolute Gasteiger partial charge is 0.490 e. The fraction of sp³-hybridized carbons (Fsp3) is 0.438. The normalized spacial score (nSPS) is 13.2. The lowest BCUT2D eigenvalue weighted by Gasteiger charge is -2.23. The number of ether oxygens (including phenoxy) is 1. The van der Waals surface area contributed by atoms with Crippen LogP contribution in [0.2, 0.25) is 5.02 Å². The van der Waals surface area contributed by atoms with E-state index in [1.807, 2.05) is 36.4 Å². The largest absolute Gasteiger partial charge is 0.494 e. The number of anilines is 3. The molecule has 0 unspecified atom stereocenters. The van der Waals surface area contributed by atoms with Crippen molar-refractivity contribution < 1.29 is 32.6 Å². The van der Waals surface area contributed by atoms with Gasteiger partial charge in [0.1, 0.15) is 10.8 Å². The van der Waals surface area contributed by atoms with Gasteiger partial charge >= 0.3 is 18.2 Å². The molecule has 4 rings (SSSR count). The Kier molecular flexibility index (Phi) is 14.8. The lowest BCUT2D eigenvalue weighted by atomic mass is 10.2. The quantitative estimate of drug-likeness (QED) is 0.162. The van der Waals surface area contributed by atoms with E-state index in [1.165, 1.54) is 30.4 Å². The van der Waals surface area contributed by atoms with Crippen LogP contribution in [0.4, 0.5) is 35.0 Å². The standard InChI is InChI=1S/C30H39ClN6O3.C2HF3O2/c1-2-3-4-5-6-20-40-26-14-12-25(13-15-26)35-30(39)34-24-10-8-23(9-11-24)22-37-29(38)28(31)27(21-33-37)36-18-7-16-32-17-19-36;3-2(4,5)1(6)7/h8-15,21,32H,2-7,16-20,22H2,1H3,(H2,34,35,39);(H,6,7). The highest BCUT2D eigenvalue weighted by Crippen LogP contribution is 2.22. The number of rotatable bonds is 12. The fourth-order valence-electron chi connectivity index (χ4n) is 4.57. The highest BCUT2D eigenvalue weighted by Gasteiger charge is 2.38. The number of amides is 2. The molecule has 4 N–H and O–H groups in total. The van der Waals surface area contributed by atoms with E-state index in [2.05, 4.69) is 32.9 Å². The van der Waals surface area contributed by atoms with E-state index in [1.54, 1.807) is 18.3 Å². The molecule has 0 bridgehead atoms. The molecule has 2 aromatic carbocycles. The molecular weight excluding hydrogens is 641 g/mol. The van der Waals surface area contributed by atoms with Gasteiger partial charge in [0, 0.05) is 31.0 Å². The predicted molar refractivity (Wildman–Crippen MR) is 176 cm³/mol. The molecule has 1 saturated heterocycles. The van der Waals surface area contributed by atoms with E-state index >= 15 is 0 Å². The molecule has 0 saturated carbocycles. The highest BCUT2D eigenvalue weighted by molar-refractivity contribution is 6.33. The summed E-state index contributed by atoms with van der Waals surface area (Å²) in [5, 5.41) is 20.7. The van der Waals surface area contributed by atoms with Crippen LogP contribution in [0, 0.1) is 0 Å². The second-order valence-corrected chi connectivity index (χ2v) is 11.1. The van der Waals surface area contributed by atoms with Crippen LogP contribution in [0.15, 0.2) is 59.5 Å². The van der Waals surface area contributed by atoms with Gasteiger partial charge in [0.05, 0.1) is 25.0 Å². The van der Waals surface area contributed by atoms with Gasteiger partial charge in [-0.15, -0.1) is 0 Å². The van der Waals surface area contributed by atoms with Crippen LogP contribution in [0.5, 0.6) is 5.75 Å². The molecule has 1 aromatic heterocycles. The van der Waals surface area contributed by atoms with Crippen LogP contribution < -0.4 is 31.1 Å². The SMILES string of the molecule is CCCCCCCOc1ccc(NC(=O)Nc2ccc(Cn3ncc(N4CCCNCC4)c(Cl)c3=O)cc2)cc1.O=C(O)C(F)(F)F. The topological polar surface area (TPSA) is 138 Å². The Hall–Kier alpha value is -4.30. The Morgan fingerprint density at radius 3 is 2.21 bits per heavy atom. The Bertz CT molecular complexity index is 1480. The van der Waals surface area contributed by atoms with Crippen molar-refractivity contribution in [3.8, 4) is 5.75 Å². The average molecular weight is 681 g/mol. The van der Waals surface area contributed by atoms with Gasteiger partial charge in [-0.1, -0.05) is 56.3 Å². The Morgan fingerprint density at radius 2 is 1.60 bits per heavy atom. The van der Waals surface area contributed by atoms with Crippen molar-refractivity contribution >= 4 is 40.7 Å². The van der Waals surface area contributed by atoms with E-state index < -0.39 is 12.1 Å². The van der Waals surface area contributed by atoms with E-state index in [0.29, 0.717) is 23.7 Å². The van der Waals surface area contributed by atoms with Gasteiger partial charge in [-0.3, -0.25) is 4.79 Å². The lowest BCUT2D eigenvalue weighted by molar-refractivity contribution is -0.192. The molecule has 15 heteroatoms. The minimum Gasteiger partial charge on any atom is -0.494 e. The van der Waals surface area contributed by atoms with Crippen LogP contribution in [-0.2, 0) is 11.3 Å². The number of nitrogens with one attached hydrogen (secondary N) is 3. The van der Waals surface area contributed by atoms with Gasteiger partial charge in [0.2, 0.25) is 0 Å². The number of benzene rings is 2. The first-order valence-electron chi connectivity index (χ1n) is 15.4. The van der Waals surface area contributed by atoms with Gasteiger partial charge in [-0.25, -0.2) is 14.3 Å². The predicted octanol–water partition coefficient (Wildman–Crippen LogP) is 6.37. The number of unbranched alkanes of at least 4 members (excludes halogenated alkanes) is 4. The summed E-state index contributed by atoms with van der Waals surface area (Å²) >= 11 is 6.46. The second kappa shape index (κ2) is 18.7. The monoisotopic (exact) mass is 680 g/mol. The molecule has 0 radical (unpaired) electrons. The van der Waals surface area contributed by atoms with Crippen molar-refractivity contribution in [1.82, 2.24) is 15.1 Å². The van der Waals surface area contributed by atoms with E-state index in [9.17, 15) is 22.8 Å². The summed E-state index contributed by atoms with van der Waals surface area (Å²) in [6.07, 6.45) is 3.55. The number of carbonyl (C=O) groups excluding carboxylic acids is 1. The minimum absolute atomic E-state index is 0.189. The van der Waals surface area contributed by atoms with Crippen molar-refractivity contribution in [2.45, 2.75) is 58.2 Å². The number of hydrogen-bond acceptors (Lipinski definition) is 7. The first-order chi connectivity index (χ1) is 22.5. The fourth-order valence-corrected chi connectivity index (χ4v) is 4.83. The third kappa shape index (κ3) is 12.8. The molecule has 1 aliphatic heterocycles. The number of nitrogens with zero attached hydrogens (tertiary/aromatic N) is 3. The van der Waals surface area contributed by atoms with E-state index in [-0.39, 0.29) is 23.2 Å². The van der Waals surface area contributed by atoms with Crippen molar-refractivity contribution in [3.05, 3.63) is 75.7 Å². The zero-order chi connectivity index (χ0) is 34.2. The van der Waals surface area contributed by atoms with E-state index in [4.69, 9.17) is 26.2 Å². The number of urea groups is 1. The van der Waals surface area contributed by atoms with Gasteiger partial charge < -0.3 is 30.7 Å². The molecule has 0 atom stereocenters. The summed E-state index contributed by atoms with van der Waals surface area (Å²) in [5.41, 5.74) is 2.53. The summed E-state index contributed by atoms with van der Waals surface area (Å²) in [4.78, 5) is 36.4. The summed E-state index contributed by atoms with van der Waals surface area (Å²) in [6.45, 7) is 6.60. The molecule has 3 aromatic rings. The number of alkyl halides is 3. The van der Waals surface area contributed by atoms with Gasteiger partial charge in [-0.2, -0.15) is 18.3 Å². The zero-order valence-corrected chi connectivity index (χ0v) is 26.9. The molecule has 256 valence electrons. The zero-order valence-electron chi connectivity index (χ0n) is 26.1. The Labute approximate surface area is 276 Å². The third-order valence-corrected chi connectivity index (χ3v) is 7.42. The second-order valence-electron chi connectivity index (χ2n) is 10.8. The molecule has 2 amide bonds. The number of aliphatic carboxylic acids is 1. The Morgan fingerprint density at radius 1 is 0.979 bits per heavy atom. The molecule has 1 aliphatic rings. The van der Waals surface area contributed by atoms with Crippen LogP contribution >= 0.6 is 11.6 Å². The molecule has 11 nitrogen and oxygen atoms in total. The summed E-state index contributed by atoms with van der Waals surface area (Å²) in [7, 11) is 0. The summed E-state index contributed by atoms with van der Waals surface area (Å²) in [6, 6.07) is 14.3. The summed E-state index contributed by atoms with van der Waals surface area (Å²) < 4.78 is 38.9. The highest BCUT2D eigenvalue weighted by atomic mass is 35.5. The van der Waals surface area contributed by atoms with Crippen molar-refractivity contribution in [1.29, 1.82) is 0 Å². The van der Waals surface area contributed by atoms with Gasteiger partial charge in [-0.05, 0) is 61.3 Å². The number of hydrogen-bond donors (Lipinski definition) is 4. The first-order valence-corrected chi connectivity index (χ1v) is 15.8. The maximum Gasteiger partial charge on any atom is 0.490 e. The average Bonchev–Trinajstić information content (AvgIpc) is 3.32. The third-order valence-electron chi connectivity index (χ3n) is 7.06. The molecule has 0 spiro atoms. The number of halogens is 4. The minimum atomic E-state index is -5.08. The Balaban J connectivity index is 0.000000771. The van der Waals surface area contributed by atoms with Gasteiger partial charge in [0.15, 0.2) is 0 Å². The number of carbonyl (C=O) groups is 2. The maximum atomic E-state index is 12.9. The molecule has 0 aliphatic carbocycles. The van der Waals surface area contributed by atoms with Crippen LogP contribution in [-0.4, -0.2) is 65.8 Å². The van der Waals surface area contributed by atoms with Crippen LogP contribution in [0.3, 0.4) is 0 Å². The number of aromatic nitrogens is 2. The number of carboxylic acid groups (broad SMARTS) is 1. The molecule has 47 heavy (non-hydrogen) atoms. The van der Waals surface area contributed by atoms with Crippen molar-refractivity contribution in [2.24, 2.45) is 0 Å². The van der Waals surface area contributed by atoms with Crippen LogP contribution in [0.25, 0.3) is 0 Å². The van der Waals surface area contributed by atoms with Crippen molar-refractivity contribution in [2.75, 3.05) is 48.3 Å². The molecular formula is C32H40ClF3N6O5. The van der Waals surface area contributed by atoms with Crippen LogP contribution in [0.1, 0.15) is 51.0 Å². The molecule has 1 fully saturated rings. The first kappa shape index (κ1) is 37.2. The van der Waals surface area contributed by atoms with Gasteiger partial charge in [0.25, 0.3) is 5.56 Å². The van der Waals surface area contributed by atoms with Crippen molar-refractivity contribution in [3.63, 3.8) is 0 Å². The number of carboxylic acids is 1. The van der Waals surface area contributed by atoms with E-state index in [0.717, 1.165) is 50.3 Å².